The Bertz CT molecular complexity index is 283. The minimum absolute atomic E-state index is 0.243. The molecule has 0 aromatic heterocycles. The second kappa shape index (κ2) is 4.88. The van der Waals surface area contributed by atoms with Crippen LogP contribution in [0.4, 0.5) is 0 Å². The first kappa shape index (κ1) is 16.9. The highest BCUT2D eigenvalue weighted by Crippen LogP contribution is 2.38. The van der Waals surface area contributed by atoms with Gasteiger partial charge in [0.2, 0.25) is 0 Å². The Hall–Kier alpha value is -0.0962. The van der Waals surface area contributed by atoms with Crippen LogP contribution >= 0.6 is 0 Å². The molecule has 0 heterocycles. The van der Waals surface area contributed by atoms with Gasteiger partial charge in [0.1, 0.15) is 6.40 Å². The fraction of sp³-hybridized carbons (Fsp3) is 0.923. The molecule has 0 fully saturated rings. The second-order valence-corrected chi connectivity index (χ2v) is 17.6. The molecule has 0 aliphatic rings. The van der Waals surface area contributed by atoms with Gasteiger partial charge in [0.25, 0.3) is 8.32 Å². The topological polar surface area (TPSA) is 21.6 Å². The van der Waals surface area contributed by atoms with E-state index >= 15 is 0 Å². The van der Waals surface area contributed by atoms with E-state index in [0.29, 0.717) is 0 Å². The number of hydrogen-bond donors (Lipinski definition) is 0. The van der Waals surface area contributed by atoms with Gasteiger partial charge < -0.3 is 4.43 Å². The van der Waals surface area contributed by atoms with E-state index in [4.69, 9.17) is 9.08 Å². The Kier molecular flexibility index (Phi) is 4.85. The van der Waals surface area contributed by atoms with Gasteiger partial charge in [-0.25, -0.2) is 0 Å². The van der Waals surface area contributed by atoms with E-state index in [1.807, 2.05) is 0 Å². The van der Waals surface area contributed by atoms with Crippen LogP contribution in [0.1, 0.15) is 41.5 Å². The SMILES string of the molecule is CC(C)(C)[Si](C)(C)N=CO[Si](C)(C)C(C)(C)C. The fourth-order valence-electron chi connectivity index (χ4n) is 0.660. The predicted octanol–water partition coefficient (Wildman–Crippen LogP) is 5.04. The molecule has 2 nitrogen and oxygen atoms in total. The summed E-state index contributed by atoms with van der Waals surface area (Å²) in [5.74, 6) is 0. The molecule has 0 aromatic carbocycles. The van der Waals surface area contributed by atoms with Crippen molar-refractivity contribution in [1.82, 2.24) is 0 Å². The largest absolute Gasteiger partial charge is 0.537 e. The van der Waals surface area contributed by atoms with Gasteiger partial charge in [-0.2, -0.15) is 0 Å². The second-order valence-electron chi connectivity index (χ2n) is 7.92. The molecule has 0 spiro atoms. The van der Waals surface area contributed by atoms with Crippen LogP contribution in [0.15, 0.2) is 4.66 Å². The monoisotopic (exact) mass is 273 g/mol. The van der Waals surface area contributed by atoms with Crippen molar-refractivity contribution in [1.29, 1.82) is 0 Å². The van der Waals surface area contributed by atoms with E-state index < -0.39 is 16.6 Å². The van der Waals surface area contributed by atoms with Crippen LogP contribution < -0.4 is 0 Å². The molecule has 0 saturated carbocycles. The molecule has 4 heteroatoms. The van der Waals surface area contributed by atoms with E-state index in [1.54, 1.807) is 6.40 Å². The van der Waals surface area contributed by atoms with Crippen molar-refractivity contribution in [3.05, 3.63) is 0 Å². The lowest BCUT2D eigenvalue weighted by atomic mass is 10.2. The highest BCUT2D eigenvalue weighted by Gasteiger charge is 2.39. The first-order chi connectivity index (χ1) is 7.21. The summed E-state index contributed by atoms with van der Waals surface area (Å²) in [6.07, 6.45) is 1.76. The van der Waals surface area contributed by atoms with Gasteiger partial charge >= 0.3 is 0 Å². The van der Waals surface area contributed by atoms with Crippen LogP contribution in [0.3, 0.4) is 0 Å². The van der Waals surface area contributed by atoms with Gasteiger partial charge in [-0.3, -0.25) is 4.66 Å². The molecule has 0 aliphatic carbocycles. The quantitative estimate of drug-likeness (QED) is 0.401. The first-order valence-corrected chi connectivity index (χ1v) is 12.3. The highest BCUT2D eigenvalue weighted by molar-refractivity contribution is 6.79. The average molecular weight is 274 g/mol. The van der Waals surface area contributed by atoms with E-state index in [-0.39, 0.29) is 10.1 Å². The van der Waals surface area contributed by atoms with E-state index in [0.717, 1.165) is 0 Å². The van der Waals surface area contributed by atoms with Gasteiger partial charge in [0, 0.05) is 0 Å². The molecule has 17 heavy (non-hydrogen) atoms. The Labute approximate surface area is 110 Å². The zero-order valence-electron chi connectivity index (χ0n) is 13.4. The molecule has 0 saturated heterocycles. The van der Waals surface area contributed by atoms with Gasteiger partial charge in [-0.1, -0.05) is 41.5 Å². The molecule has 0 aromatic rings. The molecular weight excluding hydrogens is 242 g/mol. The molecule has 0 rings (SSSR count). The summed E-state index contributed by atoms with van der Waals surface area (Å²) in [5, 5.41) is 0.521. The van der Waals surface area contributed by atoms with Crippen LogP contribution in [0.25, 0.3) is 0 Å². The molecular formula is C13H31NOSi2. The third kappa shape index (κ3) is 4.58. The summed E-state index contributed by atoms with van der Waals surface area (Å²) in [7, 11) is -3.29. The summed E-state index contributed by atoms with van der Waals surface area (Å²) in [6.45, 7) is 22.6. The Morgan fingerprint density at radius 2 is 1.24 bits per heavy atom. The zero-order valence-corrected chi connectivity index (χ0v) is 15.4. The van der Waals surface area contributed by atoms with Crippen LogP contribution in [-0.4, -0.2) is 23.0 Å². The van der Waals surface area contributed by atoms with Crippen LogP contribution in [0, 0.1) is 0 Å². The maximum Gasteiger partial charge on any atom is 0.251 e. The molecule has 102 valence electrons. The van der Waals surface area contributed by atoms with Crippen LogP contribution in [0.2, 0.25) is 36.3 Å². The lowest BCUT2D eigenvalue weighted by Crippen LogP contribution is -2.41. The Morgan fingerprint density at radius 1 is 0.824 bits per heavy atom. The summed E-state index contributed by atoms with van der Waals surface area (Å²) in [6, 6.07) is 0. The molecule has 0 amide bonds. The molecule has 0 radical (unpaired) electrons. The summed E-state index contributed by atoms with van der Waals surface area (Å²) < 4.78 is 10.8. The summed E-state index contributed by atoms with van der Waals surface area (Å²) in [5.41, 5.74) is 0. The van der Waals surface area contributed by atoms with Crippen molar-refractivity contribution < 1.29 is 4.43 Å². The summed E-state index contributed by atoms with van der Waals surface area (Å²) in [4.78, 5) is 0. The number of rotatable bonds is 3. The Balaban J connectivity index is 4.70. The van der Waals surface area contributed by atoms with Crippen LogP contribution in [0.5, 0.6) is 0 Å². The maximum atomic E-state index is 6.01. The van der Waals surface area contributed by atoms with Crippen molar-refractivity contribution in [2.45, 2.75) is 77.8 Å². The highest BCUT2D eigenvalue weighted by atomic mass is 28.4. The normalized spacial score (nSPS) is 15.4. The van der Waals surface area contributed by atoms with Gasteiger partial charge in [0.15, 0.2) is 8.24 Å². The third-order valence-electron chi connectivity index (χ3n) is 4.36. The van der Waals surface area contributed by atoms with Gasteiger partial charge in [-0.05, 0) is 36.3 Å². The standard InChI is InChI=1S/C13H31NOSi2/c1-12(2,3)16(7,8)14-11-15-17(9,10)13(4,5)6/h11H,1-10H3. The van der Waals surface area contributed by atoms with Crippen LogP contribution in [-0.2, 0) is 4.43 Å². The minimum Gasteiger partial charge on any atom is -0.537 e. The smallest absolute Gasteiger partial charge is 0.251 e. The van der Waals surface area contributed by atoms with Crippen molar-refractivity contribution in [3.63, 3.8) is 0 Å². The van der Waals surface area contributed by atoms with Crippen molar-refractivity contribution in [3.8, 4) is 0 Å². The van der Waals surface area contributed by atoms with Crippen molar-refractivity contribution in [2.75, 3.05) is 0 Å². The number of hydrogen-bond acceptors (Lipinski definition) is 2. The molecule has 0 unspecified atom stereocenters. The minimum atomic E-state index is -1.69. The lowest BCUT2D eigenvalue weighted by Gasteiger charge is -2.36. The van der Waals surface area contributed by atoms with Gasteiger partial charge in [-0.15, -0.1) is 0 Å². The fourth-order valence-corrected chi connectivity index (χ4v) is 2.14. The maximum absolute atomic E-state index is 6.01. The van der Waals surface area contributed by atoms with Crippen molar-refractivity contribution in [2.24, 2.45) is 4.66 Å². The van der Waals surface area contributed by atoms with Gasteiger partial charge in [0.05, 0.1) is 0 Å². The third-order valence-corrected chi connectivity index (χ3v) is 13.1. The predicted molar refractivity (Wildman–Crippen MR) is 84.0 cm³/mol. The van der Waals surface area contributed by atoms with E-state index in [2.05, 4.69) is 67.7 Å². The first-order valence-electron chi connectivity index (χ1n) is 6.42. The van der Waals surface area contributed by atoms with Crippen molar-refractivity contribution >= 4 is 23.0 Å². The summed E-state index contributed by atoms with van der Waals surface area (Å²) >= 11 is 0. The zero-order chi connectivity index (χ0) is 14.1. The Morgan fingerprint density at radius 3 is 1.53 bits per heavy atom. The molecule has 0 atom stereocenters. The number of nitrogens with zero attached hydrogens (tertiary/aromatic N) is 1. The van der Waals surface area contributed by atoms with E-state index in [1.165, 1.54) is 0 Å². The molecule has 0 N–H and O–H groups in total. The average Bonchev–Trinajstić information content (AvgIpc) is 1.98. The molecule has 0 aliphatic heterocycles. The lowest BCUT2D eigenvalue weighted by molar-refractivity contribution is 0.502. The van der Waals surface area contributed by atoms with E-state index in [9.17, 15) is 0 Å². The molecule has 0 bridgehead atoms.